The first-order chi connectivity index (χ1) is 9.27. The minimum Gasteiger partial charge on any atom is -0.366 e. The minimum absolute atomic E-state index is 0.244. The van der Waals surface area contributed by atoms with Crippen molar-refractivity contribution in [1.29, 1.82) is 0 Å². The third kappa shape index (κ3) is 4.45. The molecule has 2 fully saturated rings. The number of piperidine rings is 1. The number of nitrogens with one attached hydrogen (secondary N) is 1. The lowest BCUT2D eigenvalue weighted by Crippen LogP contribution is -2.58. The fourth-order valence-corrected chi connectivity index (χ4v) is 3.62. The molecule has 0 saturated carbocycles. The zero-order valence-corrected chi connectivity index (χ0v) is 13.5. The van der Waals surface area contributed by atoms with Gasteiger partial charge in [0.1, 0.15) is 0 Å². The molecule has 20 heavy (non-hydrogen) atoms. The van der Waals surface area contributed by atoms with E-state index in [2.05, 4.69) is 33.0 Å². The number of rotatable bonds is 3. The first-order valence-corrected chi connectivity index (χ1v) is 7.96. The Morgan fingerprint density at radius 1 is 1.15 bits per heavy atom. The average Bonchev–Trinajstić information content (AvgIpc) is 2.33. The van der Waals surface area contributed by atoms with Crippen molar-refractivity contribution in [3.8, 4) is 0 Å². The molecule has 2 saturated heterocycles. The van der Waals surface area contributed by atoms with Crippen molar-refractivity contribution >= 4 is 5.91 Å². The normalized spacial score (nSPS) is 26.5. The van der Waals surface area contributed by atoms with E-state index in [1.807, 2.05) is 4.90 Å². The van der Waals surface area contributed by atoms with Crippen LogP contribution in [-0.4, -0.2) is 48.2 Å². The van der Waals surface area contributed by atoms with E-state index in [0.29, 0.717) is 25.4 Å². The second-order valence-electron chi connectivity index (χ2n) is 7.60. The highest BCUT2D eigenvalue weighted by Crippen LogP contribution is 2.29. The molecule has 4 nitrogen and oxygen atoms in total. The fourth-order valence-electron chi connectivity index (χ4n) is 3.62. The molecular weight excluding hydrogens is 252 g/mol. The highest BCUT2D eigenvalue weighted by Gasteiger charge is 2.39. The highest BCUT2D eigenvalue weighted by atomic mass is 16.5. The second kappa shape index (κ2) is 6.02. The summed E-state index contributed by atoms with van der Waals surface area (Å²) < 4.78 is 6.03. The van der Waals surface area contributed by atoms with Gasteiger partial charge in [-0.25, -0.2) is 0 Å². The molecule has 2 aliphatic rings. The summed E-state index contributed by atoms with van der Waals surface area (Å²) >= 11 is 0. The average molecular weight is 282 g/mol. The lowest BCUT2D eigenvalue weighted by molar-refractivity contribution is -0.188. The molecule has 0 aromatic carbocycles. The Hall–Kier alpha value is -0.610. The van der Waals surface area contributed by atoms with Crippen molar-refractivity contribution < 1.29 is 9.53 Å². The number of carbonyl (C=O) groups excluding carboxylic acids is 1. The molecule has 1 amide bonds. The first-order valence-electron chi connectivity index (χ1n) is 7.96. The highest BCUT2D eigenvalue weighted by molar-refractivity contribution is 5.76. The lowest BCUT2D eigenvalue weighted by Gasteiger charge is -2.47. The summed E-state index contributed by atoms with van der Waals surface area (Å²) in [7, 11) is 0. The topological polar surface area (TPSA) is 41.6 Å². The van der Waals surface area contributed by atoms with Crippen molar-refractivity contribution in [2.24, 2.45) is 5.92 Å². The van der Waals surface area contributed by atoms with Gasteiger partial charge in [0.25, 0.3) is 0 Å². The number of amides is 1. The maximum absolute atomic E-state index is 12.5. The van der Waals surface area contributed by atoms with Crippen LogP contribution in [0, 0.1) is 5.92 Å². The van der Waals surface area contributed by atoms with Gasteiger partial charge in [0.2, 0.25) is 5.91 Å². The van der Waals surface area contributed by atoms with Crippen LogP contribution in [0.4, 0.5) is 0 Å². The predicted molar refractivity (Wildman–Crippen MR) is 80.7 cm³/mol. The van der Waals surface area contributed by atoms with Gasteiger partial charge in [-0.1, -0.05) is 0 Å². The van der Waals surface area contributed by atoms with Gasteiger partial charge in [0.15, 0.2) is 0 Å². The summed E-state index contributed by atoms with van der Waals surface area (Å²) in [5.41, 5.74) is -0.488. The van der Waals surface area contributed by atoms with E-state index in [0.717, 1.165) is 25.4 Å². The fraction of sp³-hybridized carbons (Fsp3) is 0.938. The third-order valence-electron chi connectivity index (χ3n) is 4.27. The monoisotopic (exact) mass is 282 g/mol. The van der Waals surface area contributed by atoms with Gasteiger partial charge in [-0.3, -0.25) is 4.79 Å². The second-order valence-corrected chi connectivity index (χ2v) is 7.60. The molecule has 2 heterocycles. The van der Waals surface area contributed by atoms with Crippen molar-refractivity contribution in [3.05, 3.63) is 0 Å². The molecule has 0 aromatic heterocycles. The van der Waals surface area contributed by atoms with Crippen molar-refractivity contribution in [2.75, 3.05) is 26.2 Å². The number of nitrogens with zero attached hydrogens (tertiary/aromatic N) is 1. The molecule has 2 aliphatic heterocycles. The van der Waals surface area contributed by atoms with Gasteiger partial charge in [0.05, 0.1) is 11.2 Å². The van der Waals surface area contributed by atoms with Gasteiger partial charge < -0.3 is 15.0 Å². The number of morpholine rings is 1. The van der Waals surface area contributed by atoms with Crippen LogP contribution >= 0.6 is 0 Å². The third-order valence-corrected chi connectivity index (χ3v) is 4.27. The quantitative estimate of drug-likeness (QED) is 0.862. The van der Waals surface area contributed by atoms with Crippen LogP contribution < -0.4 is 5.32 Å². The standard InChI is InChI=1S/C16H30N2O2/c1-15(2)11-18(12-16(3,4)20-15)14(19)6-5-13-7-9-17-10-8-13/h13,17H,5-12H2,1-4H3. The van der Waals surface area contributed by atoms with E-state index in [1.54, 1.807) is 0 Å². The Bertz CT molecular complexity index is 330. The molecule has 0 aromatic rings. The van der Waals surface area contributed by atoms with Crippen molar-refractivity contribution in [3.63, 3.8) is 0 Å². The lowest BCUT2D eigenvalue weighted by atomic mass is 9.92. The van der Waals surface area contributed by atoms with Gasteiger partial charge in [-0.15, -0.1) is 0 Å². The number of ether oxygens (including phenoxy) is 1. The van der Waals surface area contributed by atoms with Gasteiger partial charge >= 0.3 is 0 Å². The largest absolute Gasteiger partial charge is 0.366 e. The molecule has 116 valence electrons. The van der Waals surface area contributed by atoms with Crippen molar-refractivity contribution in [2.45, 2.75) is 64.6 Å². The summed E-state index contributed by atoms with van der Waals surface area (Å²) in [5.74, 6) is 1.02. The van der Waals surface area contributed by atoms with Crippen LogP contribution in [0.25, 0.3) is 0 Å². The molecule has 0 aliphatic carbocycles. The number of hydrogen-bond donors (Lipinski definition) is 1. The number of hydrogen-bond acceptors (Lipinski definition) is 3. The molecule has 2 rings (SSSR count). The van der Waals surface area contributed by atoms with Crippen LogP contribution in [0.2, 0.25) is 0 Å². The van der Waals surface area contributed by atoms with Crippen LogP contribution in [-0.2, 0) is 9.53 Å². The van der Waals surface area contributed by atoms with Crippen LogP contribution in [0.3, 0.4) is 0 Å². The van der Waals surface area contributed by atoms with E-state index in [4.69, 9.17) is 4.74 Å². The van der Waals surface area contributed by atoms with Gasteiger partial charge in [-0.05, 0) is 66.0 Å². The Balaban J connectivity index is 1.84. The summed E-state index contributed by atoms with van der Waals surface area (Å²) in [6.07, 6.45) is 4.16. The van der Waals surface area contributed by atoms with E-state index < -0.39 is 0 Å². The molecule has 0 atom stereocenters. The summed E-state index contributed by atoms with van der Waals surface area (Å²) in [5, 5.41) is 3.38. The minimum atomic E-state index is -0.244. The maximum Gasteiger partial charge on any atom is 0.222 e. The van der Waals surface area contributed by atoms with E-state index in [-0.39, 0.29) is 11.2 Å². The molecule has 0 bridgehead atoms. The SMILES string of the molecule is CC1(C)CN(C(=O)CCC2CCNCC2)CC(C)(C)O1. The zero-order chi connectivity index (χ0) is 14.8. The summed E-state index contributed by atoms with van der Waals surface area (Å²) in [6, 6.07) is 0. The molecule has 1 N–H and O–H groups in total. The van der Waals surface area contributed by atoms with Gasteiger partial charge in [0, 0.05) is 19.5 Å². The molecule has 0 unspecified atom stereocenters. The smallest absolute Gasteiger partial charge is 0.222 e. The summed E-state index contributed by atoms with van der Waals surface area (Å²) in [4.78, 5) is 14.5. The Labute approximate surface area is 123 Å². The Morgan fingerprint density at radius 2 is 1.70 bits per heavy atom. The van der Waals surface area contributed by atoms with Crippen LogP contribution in [0.5, 0.6) is 0 Å². The van der Waals surface area contributed by atoms with Crippen LogP contribution in [0.15, 0.2) is 0 Å². The van der Waals surface area contributed by atoms with Crippen molar-refractivity contribution in [1.82, 2.24) is 10.2 Å². The Kier molecular flexibility index (Phi) is 4.75. The molecular formula is C16H30N2O2. The maximum atomic E-state index is 12.5. The summed E-state index contributed by atoms with van der Waals surface area (Å²) in [6.45, 7) is 11.9. The molecule has 0 spiro atoms. The Morgan fingerprint density at radius 3 is 2.25 bits per heavy atom. The zero-order valence-electron chi connectivity index (χ0n) is 13.5. The van der Waals surface area contributed by atoms with Gasteiger partial charge in [-0.2, -0.15) is 0 Å². The molecule has 4 heteroatoms. The van der Waals surface area contributed by atoms with Crippen LogP contribution in [0.1, 0.15) is 53.4 Å². The first kappa shape index (κ1) is 15.8. The molecule has 0 radical (unpaired) electrons. The number of carbonyl (C=O) groups is 1. The predicted octanol–water partition coefficient (Wildman–Crippen LogP) is 2.18. The van der Waals surface area contributed by atoms with E-state index in [1.165, 1.54) is 12.8 Å². The van der Waals surface area contributed by atoms with E-state index in [9.17, 15) is 4.79 Å². The van der Waals surface area contributed by atoms with E-state index >= 15 is 0 Å².